The quantitative estimate of drug-likeness (QED) is 0.638. The summed E-state index contributed by atoms with van der Waals surface area (Å²) < 4.78 is 22.1. The second-order valence-corrected chi connectivity index (χ2v) is 6.55. The highest BCUT2D eigenvalue weighted by Gasteiger charge is 2.23. The molecule has 1 aliphatic rings. The fraction of sp³-hybridized carbons (Fsp3) is 0.545. The number of pyridine rings is 1. The van der Waals surface area contributed by atoms with Gasteiger partial charge in [-0.25, -0.2) is 18.5 Å². The summed E-state index contributed by atoms with van der Waals surface area (Å²) in [4.78, 5) is 16.1. The Hall–Kier alpha value is -1.74. The van der Waals surface area contributed by atoms with Crippen LogP contribution in [-0.4, -0.2) is 37.2 Å². The summed E-state index contributed by atoms with van der Waals surface area (Å²) in [5.74, 6) is 0.748. The maximum absolute atomic E-state index is 11.0. The van der Waals surface area contributed by atoms with Gasteiger partial charge in [0.25, 0.3) is 5.69 Å². The van der Waals surface area contributed by atoms with E-state index in [4.69, 9.17) is 5.14 Å². The average molecular weight is 300 g/mol. The van der Waals surface area contributed by atoms with E-state index in [9.17, 15) is 18.5 Å². The highest BCUT2D eigenvalue weighted by Crippen LogP contribution is 2.23. The molecule has 1 aromatic rings. The molecule has 0 radical (unpaired) electrons. The summed E-state index contributed by atoms with van der Waals surface area (Å²) in [5, 5.41) is 15.6. The van der Waals surface area contributed by atoms with Gasteiger partial charge in [0.15, 0.2) is 0 Å². The van der Waals surface area contributed by atoms with E-state index >= 15 is 0 Å². The Morgan fingerprint density at radius 2 is 2.05 bits per heavy atom. The van der Waals surface area contributed by atoms with Crippen LogP contribution < -0.4 is 10.0 Å². The molecule has 1 aliphatic heterocycles. The molecule has 0 unspecified atom stereocenters. The Bertz CT molecular complexity index is 579. The lowest BCUT2D eigenvalue weighted by atomic mass is 9.99. The molecule has 0 spiro atoms. The molecule has 1 aromatic heterocycles. The van der Waals surface area contributed by atoms with E-state index in [1.165, 1.54) is 12.3 Å². The van der Waals surface area contributed by atoms with Gasteiger partial charge in [-0.3, -0.25) is 10.1 Å². The van der Waals surface area contributed by atoms with Crippen molar-refractivity contribution in [2.24, 2.45) is 11.1 Å². The van der Waals surface area contributed by atoms with Gasteiger partial charge >= 0.3 is 0 Å². The van der Waals surface area contributed by atoms with Gasteiger partial charge in [0.1, 0.15) is 12.0 Å². The first-order chi connectivity index (χ1) is 9.35. The number of hydrogen-bond acceptors (Lipinski definition) is 6. The minimum Gasteiger partial charge on any atom is -0.357 e. The zero-order valence-corrected chi connectivity index (χ0v) is 11.6. The van der Waals surface area contributed by atoms with Crippen molar-refractivity contribution in [3.8, 4) is 0 Å². The fourth-order valence-electron chi connectivity index (χ4n) is 2.33. The topological polar surface area (TPSA) is 119 Å². The molecule has 2 N–H and O–H groups in total. The normalized spacial score (nSPS) is 17.1. The molecule has 110 valence electrons. The first kappa shape index (κ1) is 14.7. The van der Waals surface area contributed by atoms with Gasteiger partial charge in [-0.2, -0.15) is 0 Å². The van der Waals surface area contributed by atoms with Crippen molar-refractivity contribution in [2.45, 2.75) is 12.8 Å². The third kappa shape index (κ3) is 3.87. The number of rotatable bonds is 4. The zero-order valence-electron chi connectivity index (χ0n) is 10.8. The van der Waals surface area contributed by atoms with Crippen LogP contribution in [0.1, 0.15) is 12.8 Å². The third-order valence-electron chi connectivity index (χ3n) is 3.35. The Balaban J connectivity index is 1.95. The number of nitrogens with two attached hydrogens (primary N) is 1. The Morgan fingerprint density at radius 1 is 1.40 bits per heavy atom. The highest BCUT2D eigenvalue weighted by atomic mass is 32.2. The van der Waals surface area contributed by atoms with Crippen LogP contribution in [0.4, 0.5) is 11.5 Å². The van der Waals surface area contributed by atoms with Gasteiger partial charge in [-0.1, -0.05) is 0 Å². The minimum absolute atomic E-state index is 0.00846. The largest absolute Gasteiger partial charge is 0.357 e. The zero-order chi connectivity index (χ0) is 14.8. The predicted octanol–water partition coefficient (Wildman–Crippen LogP) is 0.495. The summed E-state index contributed by atoms with van der Waals surface area (Å²) in [5.41, 5.74) is -0.0436. The van der Waals surface area contributed by atoms with Crippen LogP contribution in [0, 0.1) is 16.0 Å². The van der Waals surface area contributed by atoms with Crippen molar-refractivity contribution >= 4 is 21.5 Å². The summed E-state index contributed by atoms with van der Waals surface area (Å²) >= 11 is 0. The molecule has 8 nitrogen and oxygen atoms in total. The lowest BCUT2D eigenvalue weighted by Gasteiger charge is -2.32. The molecule has 9 heteroatoms. The lowest BCUT2D eigenvalue weighted by Crippen LogP contribution is -2.37. The van der Waals surface area contributed by atoms with Crippen molar-refractivity contribution in [3.05, 3.63) is 28.4 Å². The molecule has 2 heterocycles. The number of nitro groups is 1. The van der Waals surface area contributed by atoms with Crippen LogP contribution in [-0.2, 0) is 10.0 Å². The fourth-order valence-corrected chi connectivity index (χ4v) is 3.32. The van der Waals surface area contributed by atoms with E-state index in [2.05, 4.69) is 4.98 Å². The maximum Gasteiger partial charge on any atom is 0.287 e. The number of piperidine rings is 1. The van der Waals surface area contributed by atoms with Crippen molar-refractivity contribution in [3.63, 3.8) is 0 Å². The van der Waals surface area contributed by atoms with E-state index in [-0.39, 0.29) is 17.4 Å². The van der Waals surface area contributed by atoms with Crippen LogP contribution in [0.5, 0.6) is 0 Å². The van der Waals surface area contributed by atoms with Gasteiger partial charge in [0.05, 0.1) is 10.7 Å². The highest BCUT2D eigenvalue weighted by molar-refractivity contribution is 7.89. The molecule has 0 aliphatic carbocycles. The van der Waals surface area contributed by atoms with Crippen LogP contribution in [0.25, 0.3) is 0 Å². The molecule has 20 heavy (non-hydrogen) atoms. The first-order valence-corrected chi connectivity index (χ1v) is 7.92. The average Bonchev–Trinajstić information content (AvgIpc) is 2.38. The summed E-state index contributed by atoms with van der Waals surface area (Å²) in [6.45, 7) is 1.34. The van der Waals surface area contributed by atoms with Gasteiger partial charge in [0.2, 0.25) is 10.0 Å². The van der Waals surface area contributed by atoms with Gasteiger partial charge < -0.3 is 4.90 Å². The minimum atomic E-state index is -3.43. The Morgan fingerprint density at radius 3 is 2.50 bits per heavy atom. The number of anilines is 1. The van der Waals surface area contributed by atoms with Crippen molar-refractivity contribution < 1.29 is 13.3 Å². The smallest absolute Gasteiger partial charge is 0.287 e. The summed E-state index contributed by atoms with van der Waals surface area (Å²) in [7, 11) is -3.43. The van der Waals surface area contributed by atoms with E-state index in [1.807, 2.05) is 4.90 Å². The van der Waals surface area contributed by atoms with E-state index < -0.39 is 14.9 Å². The second kappa shape index (κ2) is 5.71. The number of nitrogens with zero attached hydrogens (tertiary/aromatic N) is 3. The van der Waals surface area contributed by atoms with Gasteiger partial charge in [-0.05, 0) is 24.8 Å². The Kier molecular flexibility index (Phi) is 4.19. The van der Waals surface area contributed by atoms with Crippen LogP contribution >= 0.6 is 0 Å². The van der Waals surface area contributed by atoms with Crippen LogP contribution in [0.3, 0.4) is 0 Å². The van der Waals surface area contributed by atoms with Gasteiger partial charge in [0, 0.05) is 19.2 Å². The number of aromatic nitrogens is 1. The monoisotopic (exact) mass is 300 g/mol. The van der Waals surface area contributed by atoms with E-state index in [1.54, 1.807) is 6.07 Å². The molecule has 1 saturated heterocycles. The summed E-state index contributed by atoms with van der Waals surface area (Å²) in [6, 6.07) is 3.02. The molecule has 0 bridgehead atoms. The molecular weight excluding hydrogens is 284 g/mol. The lowest BCUT2D eigenvalue weighted by molar-refractivity contribution is -0.385. The van der Waals surface area contributed by atoms with E-state index in [0.29, 0.717) is 18.9 Å². The summed E-state index contributed by atoms with van der Waals surface area (Å²) in [6.07, 6.45) is 2.66. The van der Waals surface area contributed by atoms with Crippen LogP contribution in [0.2, 0.25) is 0 Å². The molecule has 0 atom stereocenters. The third-order valence-corrected chi connectivity index (χ3v) is 4.29. The van der Waals surface area contributed by atoms with E-state index in [0.717, 1.165) is 12.8 Å². The molecule has 2 rings (SSSR count). The van der Waals surface area contributed by atoms with Crippen molar-refractivity contribution in [2.75, 3.05) is 23.7 Å². The molecule has 0 saturated carbocycles. The van der Waals surface area contributed by atoms with Crippen LogP contribution in [0.15, 0.2) is 18.3 Å². The van der Waals surface area contributed by atoms with Gasteiger partial charge in [-0.15, -0.1) is 0 Å². The number of primary sulfonamides is 1. The molecule has 0 aromatic carbocycles. The first-order valence-electron chi connectivity index (χ1n) is 6.21. The molecule has 1 fully saturated rings. The standard InChI is InChI=1S/C11H16N4O4S/c12-20(18,19)8-9-3-5-14(6-4-9)11-2-1-10(7-13-11)15(16)17/h1-2,7,9H,3-6,8H2,(H2,12,18,19). The predicted molar refractivity (Wildman–Crippen MR) is 73.8 cm³/mol. The van der Waals surface area contributed by atoms with Crippen molar-refractivity contribution in [1.29, 1.82) is 0 Å². The Labute approximate surface area is 116 Å². The maximum atomic E-state index is 11.0. The number of hydrogen-bond donors (Lipinski definition) is 1. The number of sulfonamides is 1. The van der Waals surface area contributed by atoms with Crippen molar-refractivity contribution in [1.82, 2.24) is 4.98 Å². The molecule has 0 amide bonds. The molecular formula is C11H16N4O4S. The second-order valence-electron chi connectivity index (χ2n) is 4.89. The SMILES string of the molecule is NS(=O)(=O)CC1CCN(c2ccc([N+](=O)[O-])cn2)CC1.